The number of fused-ring (bicyclic) bond motifs is 2. The highest BCUT2D eigenvalue weighted by atomic mass is 16.7. The van der Waals surface area contributed by atoms with Gasteiger partial charge in [-0.3, -0.25) is 0 Å². The van der Waals surface area contributed by atoms with Gasteiger partial charge in [0.05, 0.1) is 38.2 Å². The standard InChI is InChI=1S/C26H31N2O2/c1-3-26(17-27,20-7-5-4-6-8-20)14-21-22-15-28(2,16-23(21)22)12-11-19-9-10-24-25(13-19)30-18-29-24/h4-10,13,21-23H,3,11-12,14-16,18H2,1-2H3/q+1. The fraction of sp³-hybridized carbons (Fsp3) is 0.500. The van der Waals surface area contributed by atoms with Crippen LogP contribution in [0.4, 0.5) is 0 Å². The molecule has 5 rings (SSSR count). The summed E-state index contributed by atoms with van der Waals surface area (Å²) in [5.74, 6) is 4.03. The van der Waals surface area contributed by atoms with Gasteiger partial charge in [-0.2, -0.15) is 5.26 Å². The molecule has 1 saturated carbocycles. The molecule has 2 aromatic rings. The number of benzene rings is 2. The van der Waals surface area contributed by atoms with Gasteiger partial charge in [0.15, 0.2) is 11.5 Å². The zero-order valence-electron chi connectivity index (χ0n) is 18.0. The fourth-order valence-electron chi connectivity index (χ4n) is 5.95. The van der Waals surface area contributed by atoms with E-state index in [4.69, 9.17) is 9.47 Å². The average Bonchev–Trinajstić information content (AvgIpc) is 3.13. The van der Waals surface area contributed by atoms with Gasteiger partial charge in [0, 0.05) is 18.3 Å². The van der Waals surface area contributed by atoms with E-state index in [1.807, 2.05) is 12.1 Å². The summed E-state index contributed by atoms with van der Waals surface area (Å²) in [6, 6.07) is 19.5. The van der Waals surface area contributed by atoms with Crippen LogP contribution < -0.4 is 9.47 Å². The number of nitrogens with zero attached hydrogens (tertiary/aromatic N) is 2. The van der Waals surface area contributed by atoms with Crippen LogP contribution >= 0.6 is 0 Å². The lowest BCUT2D eigenvalue weighted by Crippen LogP contribution is -2.45. The number of hydrogen-bond donors (Lipinski definition) is 0. The smallest absolute Gasteiger partial charge is 0.231 e. The Kier molecular flexibility index (Phi) is 4.75. The van der Waals surface area contributed by atoms with Crippen LogP contribution in [0.1, 0.15) is 30.9 Å². The van der Waals surface area contributed by atoms with E-state index in [2.05, 4.69) is 56.4 Å². The second-order valence-corrected chi connectivity index (χ2v) is 9.76. The third-order valence-corrected chi connectivity index (χ3v) is 7.92. The largest absolute Gasteiger partial charge is 0.454 e. The van der Waals surface area contributed by atoms with Gasteiger partial charge in [0.1, 0.15) is 0 Å². The number of rotatable bonds is 7. The first-order valence-corrected chi connectivity index (χ1v) is 11.2. The fourth-order valence-corrected chi connectivity index (χ4v) is 5.95. The van der Waals surface area contributed by atoms with Gasteiger partial charge in [-0.15, -0.1) is 0 Å². The molecule has 0 radical (unpaired) electrons. The van der Waals surface area contributed by atoms with Gasteiger partial charge in [0.2, 0.25) is 6.79 Å². The van der Waals surface area contributed by atoms with Crippen LogP contribution in [0.2, 0.25) is 0 Å². The normalized spacial score (nSPS) is 30.4. The predicted molar refractivity (Wildman–Crippen MR) is 116 cm³/mol. The minimum atomic E-state index is -0.327. The van der Waals surface area contributed by atoms with Crippen molar-refractivity contribution in [2.75, 3.05) is 33.5 Å². The maximum Gasteiger partial charge on any atom is 0.231 e. The SMILES string of the molecule is CCC(C#N)(CC1C2C[N+](C)(CCc3ccc4c(c3)OCO4)CC12)c1ccccc1. The Morgan fingerprint density at radius 1 is 1.07 bits per heavy atom. The van der Waals surface area contributed by atoms with Gasteiger partial charge < -0.3 is 14.0 Å². The van der Waals surface area contributed by atoms with Gasteiger partial charge in [-0.1, -0.05) is 43.3 Å². The molecule has 4 heteroatoms. The summed E-state index contributed by atoms with van der Waals surface area (Å²) >= 11 is 0. The van der Waals surface area contributed by atoms with Crippen LogP contribution in [-0.4, -0.2) is 38.0 Å². The summed E-state index contributed by atoms with van der Waals surface area (Å²) in [6.45, 7) is 6.16. The zero-order chi connectivity index (χ0) is 20.8. The van der Waals surface area contributed by atoms with Crippen LogP contribution in [-0.2, 0) is 11.8 Å². The first kappa shape index (κ1) is 19.5. The molecule has 0 N–H and O–H groups in total. The molecule has 156 valence electrons. The highest BCUT2D eigenvalue weighted by Crippen LogP contribution is 2.58. The van der Waals surface area contributed by atoms with E-state index in [0.29, 0.717) is 12.7 Å². The molecule has 2 aromatic carbocycles. The first-order valence-electron chi connectivity index (χ1n) is 11.2. The quantitative estimate of drug-likeness (QED) is 0.638. The van der Waals surface area contributed by atoms with Crippen molar-refractivity contribution in [1.82, 2.24) is 0 Å². The molecule has 4 nitrogen and oxygen atoms in total. The second kappa shape index (κ2) is 7.32. The average molecular weight is 404 g/mol. The van der Waals surface area contributed by atoms with E-state index in [1.54, 1.807) is 0 Å². The lowest BCUT2D eigenvalue weighted by molar-refractivity contribution is -0.903. The lowest BCUT2D eigenvalue weighted by Gasteiger charge is -2.34. The molecule has 3 aliphatic rings. The molecule has 2 heterocycles. The topological polar surface area (TPSA) is 42.2 Å². The predicted octanol–water partition coefficient (Wildman–Crippen LogP) is 4.54. The molecule has 0 amide bonds. The number of ether oxygens (including phenoxy) is 2. The molecule has 2 fully saturated rings. The molecule has 3 atom stereocenters. The van der Waals surface area contributed by atoms with Gasteiger partial charge in [-0.05, 0) is 42.0 Å². The van der Waals surface area contributed by atoms with E-state index >= 15 is 0 Å². The molecular weight excluding hydrogens is 372 g/mol. The monoisotopic (exact) mass is 403 g/mol. The summed E-state index contributed by atoms with van der Waals surface area (Å²) in [5.41, 5.74) is 2.20. The summed E-state index contributed by atoms with van der Waals surface area (Å²) in [5, 5.41) is 10.1. The van der Waals surface area contributed by atoms with Crippen molar-refractivity contribution in [3.8, 4) is 17.6 Å². The van der Waals surface area contributed by atoms with E-state index in [0.717, 1.165) is 53.6 Å². The van der Waals surface area contributed by atoms with Crippen molar-refractivity contribution in [2.45, 2.75) is 31.6 Å². The van der Waals surface area contributed by atoms with Crippen molar-refractivity contribution in [3.63, 3.8) is 0 Å². The summed E-state index contributed by atoms with van der Waals surface area (Å²) in [4.78, 5) is 0. The molecular formula is C26H31N2O2+. The van der Waals surface area contributed by atoms with Crippen LogP contribution in [0.25, 0.3) is 0 Å². The van der Waals surface area contributed by atoms with Crippen molar-refractivity contribution < 1.29 is 14.0 Å². The van der Waals surface area contributed by atoms with Crippen LogP contribution in [0.5, 0.6) is 11.5 Å². The van der Waals surface area contributed by atoms with Crippen molar-refractivity contribution in [2.24, 2.45) is 17.8 Å². The maximum absolute atomic E-state index is 10.1. The number of piperidine rings is 1. The minimum absolute atomic E-state index is 0.327. The Morgan fingerprint density at radius 3 is 2.50 bits per heavy atom. The number of likely N-dealkylation sites (N-methyl/N-ethyl adjacent to an activating group) is 1. The van der Waals surface area contributed by atoms with Crippen LogP contribution in [0.3, 0.4) is 0 Å². The molecule has 0 aromatic heterocycles. The highest BCUT2D eigenvalue weighted by molar-refractivity contribution is 5.44. The van der Waals surface area contributed by atoms with Crippen molar-refractivity contribution in [3.05, 3.63) is 59.7 Å². The Balaban J connectivity index is 1.20. The minimum Gasteiger partial charge on any atom is -0.454 e. The third kappa shape index (κ3) is 3.36. The number of quaternary nitrogens is 1. The molecule has 3 unspecified atom stereocenters. The summed E-state index contributed by atoms with van der Waals surface area (Å²) < 4.78 is 12.1. The summed E-state index contributed by atoms with van der Waals surface area (Å²) in [7, 11) is 2.41. The van der Waals surface area contributed by atoms with E-state index in [1.165, 1.54) is 24.2 Å². The zero-order valence-corrected chi connectivity index (χ0v) is 18.0. The van der Waals surface area contributed by atoms with E-state index < -0.39 is 0 Å². The maximum atomic E-state index is 10.1. The molecule has 30 heavy (non-hydrogen) atoms. The molecule has 1 aliphatic carbocycles. The van der Waals surface area contributed by atoms with Crippen molar-refractivity contribution in [1.29, 1.82) is 5.26 Å². The highest BCUT2D eigenvalue weighted by Gasteiger charge is 2.63. The summed E-state index contributed by atoms with van der Waals surface area (Å²) in [6.07, 6.45) is 2.97. The second-order valence-electron chi connectivity index (χ2n) is 9.76. The van der Waals surface area contributed by atoms with Gasteiger partial charge in [0.25, 0.3) is 0 Å². The lowest BCUT2D eigenvalue weighted by atomic mass is 9.74. The Hall–Kier alpha value is -2.51. The number of hydrogen-bond acceptors (Lipinski definition) is 3. The molecule has 0 spiro atoms. The van der Waals surface area contributed by atoms with Crippen LogP contribution in [0, 0.1) is 29.1 Å². The Labute approximate surface area is 179 Å². The van der Waals surface area contributed by atoms with Crippen LogP contribution in [0.15, 0.2) is 48.5 Å². The number of nitriles is 1. The Morgan fingerprint density at radius 2 is 1.80 bits per heavy atom. The molecule has 0 bridgehead atoms. The molecule has 1 saturated heterocycles. The number of likely N-dealkylation sites (tertiary alicyclic amines) is 1. The first-order chi connectivity index (χ1) is 14.6. The Bertz CT molecular complexity index is 955. The van der Waals surface area contributed by atoms with E-state index in [9.17, 15) is 5.26 Å². The van der Waals surface area contributed by atoms with Gasteiger partial charge in [-0.25, -0.2) is 0 Å². The van der Waals surface area contributed by atoms with Crippen molar-refractivity contribution >= 4 is 0 Å². The van der Waals surface area contributed by atoms with Gasteiger partial charge >= 0.3 is 0 Å². The third-order valence-electron chi connectivity index (χ3n) is 7.92. The van der Waals surface area contributed by atoms with E-state index in [-0.39, 0.29) is 5.41 Å². The molecule has 2 aliphatic heterocycles.